The van der Waals surface area contributed by atoms with Crippen molar-refractivity contribution in [3.8, 4) is 40.1 Å². The molecule has 76 heavy (non-hydrogen) atoms. The third-order valence-electron chi connectivity index (χ3n) is 13.3. The smallest absolute Gasteiger partial charge is 0.417 e. The predicted octanol–water partition coefficient (Wildman–Crippen LogP) is 13.0. The Bertz CT molecular complexity index is 3260. The highest BCUT2D eigenvalue weighted by molar-refractivity contribution is 7.98. The second kappa shape index (κ2) is 22.5. The Morgan fingerprint density at radius 1 is 0.658 bits per heavy atom. The normalized spacial score (nSPS) is 12.7. The van der Waals surface area contributed by atoms with Crippen LogP contribution < -0.4 is 38.4 Å². The zero-order valence-electron chi connectivity index (χ0n) is 42.6. The standard InChI is InChI=1S/C57H53F6N7O5S/c1-33-46(57(61,62)63)44(48(59)52(47(33)58)68(29-35-10-18-39(71-3)19-11-35)30-36-12-20-40(72-4)21-13-36)50-49(60)51-45-54(67-56(66-51)76-7)70(27-28-75-55(45)65-50)34(2)43-9-8-26-64-53(43)69(31-37-14-22-41(73-5)23-15-37)32-38-16-24-42(74-6)25-17-38/h8-26,34H,27-32H2,1-7H3/t34-/m1/s1. The van der Waals surface area contributed by atoms with Gasteiger partial charge in [0.1, 0.15) is 63.5 Å². The van der Waals surface area contributed by atoms with Gasteiger partial charge in [0.2, 0.25) is 5.88 Å². The van der Waals surface area contributed by atoms with Gasteiger partial charge < -0.3 is 38.4 Å². The maximum Gasteiger partial charge on any atom is 0.417 e. The summed E-state index contributed by atoms with van der Waals surface area (Å²) in [6.45, 7) is 3.36. The van der Waals surface area contributed by atoms with Crippen LogP contribution in [0.4, 0.5) is 43.7 Å². The summed E-state index contributed by atoms with van der Waals surface area (Å²) in [5.74, 6) is -1.64. The lowest BCUT2D eigenvalue weighted by atomic mass is 9.94. The number of pyridine rings is 2. The number of ether oxygens (including phenoxy) is 5. The van der Waals surface area contributed by atoms with Gasteiger partial charge in [0, 0.05) is 37.9 Å². The number of benzene rings is 5. The summed E-state index contributed by atoms with van der Waals surface area (Å²) in [6.07, 6.45) is -2.02. The van der Waals surface area contributed by atoms with Gasteiger partial charge in [-0.15, -0.1) is 0 Å². The van der Waals surface area contributed by atoms with E-state index in [1.54, 1.807) is 75.2 Å². The van der Waals surface area contributed by atoms with Gasteiger partial charge in [-0.1, -0.05) is 66.4 Å². The summed E-state index contributed by atoms with van der Waals surface area (Å²) in [7, 11) is 6.18. The molecule has 4 heterocycles. The van der Waals surface area contributed by atoms with E-state index in [0.717, 1.165) is 35.4 Å². The number of halogens is 6. The Balaban J connectivity index is 1.19. The molecule has 0 saturated carbocycles. The van der Waals surface area contributed by atoms with Gasteiger partial charge in [-0.05, 0) is 103 Å². The number of alkyl halides is 3. The number of methoxy groups -OCH3 is 4. The fourth-order valence-corrected chi connectivity index (χ4v) is 9.80. The Hall–Kier alpha value is -7.93. The van der Waals surface area contributed by atoms with E-state index >= 15 is 26.3 Å². The molecule has 0 N–H and O–H groups in total. The zero-order valence-corrected chi connectivity index (χ0v) is 43.5. The number of aromatic nitrogens is 4. The number of nitrogens with zero attached hydrogens (tertiary/aromatic N) is 7. The Kier molecular flexibility index (Phi) is 15.7. The van der Waals surface area contributed by atoms with Crippen molar-refractivity contribution in [2.24, 2.45) is 0 Å². The Labute approximate surface area is 440 Å². The van der Waals surface area contributed by atoms with E-state index in [1.807, 2.05) is 72.5 Å². The highest BCUT2D eigenvalue weighted by Gasteiger charge is 2.43. The first kappa shape index (κ1) is 52.9. The van der Waals surface area contributed by atoms with Gasteiger partial charge in [0.25, 0.3) is 0 Å². The van der Waals surface area contributed by atoms with Crippen LogP contribution in [0.1, 0.15) is 51.9 Å². The average molecular weight is 1060 g/mol. The van der Waals surface area contributed by atoms with E-state index in [1.165, 1.54) is 19.1 Å². The molecule has 0 saturated heterocycles. The SMILES string of the molecule is COc1ccc(CN(Cc2ccc(OC)cc2)c2ncccc2[C@@H](C)N2CCOc3nc(-c4c(F)c(N(Cc5ccc(OC)cc5)Cc5ccc(OC)cc5)c(F)c(C)c4C(F)(F)F)c(F)c4nc(SC)nc2c34)cc1. The lowest BCUT2D eigenvalue weighted by Crippen LogP contribution is -2.33. The second-order valence-electron chi connectivity index (χ2n) is 17.9. The second-order valence-corrected chi connectivity index (χ2v) is 18.7. The molecule has 394 valence electrons. The first-order valence-electron chi connectivity index (χ1n) is 24.0. The van der Waals surface area contributed by atoms with Crippen LogP contribution in [0.25, 0.3) is 22.2 Å². The van der Waals surface area contributed by atoms with E-state index in [9.17, 15) is 0 Å². The molecule has 1 atom stereocenters. The van der Waals surface area contributed by atoms with Crippen LogP contribution in [0.2, 0.25) is 0 Å². The van der Waals surface area contributed by atoms with Crippen LogP contribution >= 0.6 is 11.8 Å². The van der Waals surface area contributed by atoms with Crippen LogP contribution in [-0.4, -0.2) is 67.8 Å². The number of thioether (sulfide) groups is 1. The van der Waals surface area contributed by atoms with Crippen LogP contribution in [0.15, 0.2) is 121 Å². The van der Waals surface area contributed by atoms with Gasteiger partial charge in [-0.3, -0.25) is 0 Å². The molecule has 0 radical (unpaired) electrons. The van der Waals surface area contributed by atoms with Crippen molar-refractivity contribution in [2.75, 3.05) is 62.5 Å². The summed E-state index contributed by atoms with van der Waals surface area (Å²) < 4.78 is 127. The Morgan fingerprint density at radius 2 is 1.14 bits per heavy atom. The molecule has 19 heteroatoms. The summed E-state index contributed by atoms with van der Waals surface area (Å²) >= 11 is 1.07. The zero-order chi connectivity index (χ0) is 53.8. The fourth-order valence-electron chi connectivity index (χ4n) is 9.44. The maximum absolute atomic E-state index is 17.9. The monoisotopic (exact) mass is 1060 g/mol. The molecule has 0 aliphatic carbocycles. The number of hydrogen-bond acceptors (Lipinski definition) is 13. The molecule has 5 aromatic carbocycles. The van der Waals surface area contributed by atoms with Crippen molar-refractivity contribution < 1.29 is 50.0 Å². The molecule has 3 aromatic heterocycles. The summed E-state index contributed by atoms with van der Waals surface area (Å²) in [6, 6.07) is 31.9. The van der Waals surface area contributed by atoms with Crippen LogP contribution in [0, 0.1) is 24.4 Å². The van der Waals surface area contributed by atoms with Gasteiger partial charge in [0.15, 0.2) is 22.6 Å². The van der Waals surface area contributed by atoms with Gasteiger partial charge in [-0.2, -0.15) is 13.2 Å². The summed E-state index contributed by atoms with van der Waals surface area (Å²) in [4.78, 5) is 24.0. The van der Waals surface area contributed by atoms with Gasteiger partial charge in [0.05, 0.1) is 52.2 Å². The molecular formula is C57H53F6N7O5S. The van der Waals surface area contributed by atoms with Crippen molar-refractivity contribution in [1.29, 1.82) is 0 Å². The maximum atomic E-state index is 17.9. The molecule has 0 unspecified atom stereocenters. The van der Waals surface area contributed by atoms with E-state index in [2.05, 4.69) is 14.9 Å². The fraction of sp³-hybridized carbons (Fsp3) is 0.263. The van der Waals surface area contributed by atoms with Crippen molar-refractivity contribution in [3.05, 3.63) is 172 Å². The highest BCUT2D eigenvalue weighted by atomic mass is 32.2. The molecule has 0 bridgehead atoms. The third-order valence-corrected chi connectivity index (χ3v) is 13.9. The molecule has 0 amide bonds. The molecule has 1 aliphatic heterocycles. The minimum absolute atomic E-state index is 0.0455. The van der Waals surface area contributed by atoms with Crippen molar-refractivity contribution in [2.45, 2.75) is 57.4 Å². The molecule has 9 rings (SSSR count). The highest BCUT2D eigenvalue weighted by Crippen LogP contribution is 2.49. The van der Waals surface area contributed by atoms with E-state index < -0.39 is 63.3 Å². The van der Waals surface area contributed by atoms with Crippen molar-refractivity contribution in [3.63, 3.8) is 0 Å². The molecule has 0 fully saturated rings. The molecular weight excluding hydrogens is 1010 g/mol. The van der Waals surface area contributed by atoms with Gasteiger partial charge in [-0.25, -0.2) is 33.1 Å². The molecule has 1 aliphatic rings. The first-order valence-corrected chi connectivity index (χ1v) is 25.3. The van der Waals surface area contributed by atoms with Crippen molar-refractivity contribution in [1.82, 2.24) is 19.9 Å². The van der Waals surface area contributed by atoms with E-state index in [-0.39, 0.29) is 48.5 Å². The van der Waals surface area contributed by atoms with E-state index in [0.29, 0.717) is 53.0 Å². The quantitative estimate of drug-likeness (QED) is 0.0463. The largest absolute Gasteiger partial charge is 0.497 e. The summed E-state index contributed by atoms with van der Waals surface area (Å²) in [5, 5.41) is 0.0177. The minimum atomic E-state index is -5.39. The lowest BCUT2D eigenvalue weighted by Gasteiger charge is -2.33. The molecule has 0 spiro atoms. The predicted molar refractivity (Wildman–Crippen MR) is 281 cm³/mol. The van der Waals surface area contributed by atoms with Crippen LogP contribution in [0.5, 0.6) is 28.9 Å². The topological polar surface area (TPSA) is 107 Å². The molecule has 8 aromatic rings. The lowest BCUT2D eigenvalue weighted by molar-refractivity contribution is -0.137. The minimum Gasteiger partial charge on any atom is -0.497 e. The number of hydrogen-bond donors (Lipinski definition) is 0. The van der Waals surface area contributed by atoms with Crippen LogP contribution in [0.3, 0.4) is 0 Å². The molecule has 12 nitrogen and oxygen atoms in total. The average Bonchev–Trinajstić information content (AvgIpc) is 3.62. The van der Waals surface area contributed by atoms with Crippen molar-refractivity contribution >= 4 is 40.0 Å². The first-order chi connectivity index (χ1) is 36.6. The van der Waals surface area contributed by atoms with Gasteiger partial charge >= 0.3 is 6.18 Å². The number of anilines is 3. The number of rotatable bonds is 18. The van der Waals surface area contributed by atoms with Crippen LogP contribution in [-0.2, 0) is 32.4 Å². The van der Waals surface area contributed by atoms with E-state index in [4.69, 9.17) is 33.7 Å². The third kappa shape index (κ3) is 10.8. The summed E-state index contributed by atoms with van der Waals surface area (Å²) in [5.41, 5.74) is -2.55. The Morgan fingerprint density at radius 3 is 1.61 bits per heavy atom.